The molecule has 2 nitrogen and oxygen atoms in total. The number of rotatable bonds is 7. The SMILES string of the molecule is CC(C)CN(CC(C)C)CC1(c2ccc(N)cc2)CC1. The third-order valence-electron chi connectivity index (χ3n) is 4.15. The minimum atomic E-state index is 0.400. The van der Waals surface area contributed by atoms with Crippen LogP contribution in [0.3, 0.4) is 0 Å². The van der Waals surface area contributed by atoms with E-state index >= 15 is 0 Å². The van der Waals surface area contributed by atoms with Crippen LogP contribution in [0.1, 0.15) is 46.1 Å². The lowest BCUT2D eigenvalue weighted by Gasteiger charge is -2.30. The summed E-state index contributed by atoms with van der Waals surface area (Å²) in [6.45, 7) is 12.9. The van der Waals surface area contributed by atoms with Gasteiger partial charge in [0.15, 0.2) is 0 Å². The van der Waals surface area contributed by atoms with E-state index in [1.807, 2.05) is 12.1 Å². The second-order valence-electron chi connectivity index (χ2n) is 7.38. The van der Waals surface area contributed by atoms with Crippen molar-refractivity contribution in [2.45, 2.75) is 46.0 Å². The molecule has 0 atom stereocenters. The van der Waals surface area contributed by atoms with Gasteiger partial charge in [-0.15, -0.1) is 0 Å². The van der Waals surface area contributed by atoms with Crippen molar-refractivity contribution >= 4 is 5.69 Å². The van der Waals surface area contributed by atoms with Crippen LogP contribution in [0.15, 0.2) is 24.3 Å². The Morgan fingerprint density at radius 2 is 1.50 bits per heavy atom. The zero-order valence-electron chi connectivity index (χ0n) is 13.5. The van der Waals surface area contributed by atoms with E-state index in [1.165, 1.54) is 38.0 Å². The predicted molar refractivity (Wildman–Crippen MR) is 87.9 cm³/mol. The van der Waals surface area contributed by atoms with Gasteiger partial charge in [0, 0.05) is 30.7 Å². The minimum Gasteiger partial charge on any atom is -0.399 e. The van der Waals surface area contributed by atoms with Crippen LogP contribution in [0, 0.1) is 11.8 Å². The fourth-order valence-corrected chi connectivity index (χ4v) is 3.19. The van der Waals surface area contributed by atoms with Crippen LogP contribution < -0.4 is 5.73 Å². The zero-order chi connectivity index (χ0) is 14.8. The Morgan fingerprint density at radius 3 is 1.90 bits per heavy atom. The molecule has 0 bridgehead atoms. The van der Waals surface area contributed by atoms with Gasteiger partial charge in [0.2, 0.25) is 0 Å². The van der Waals surface area contributed by atoms with Gasteiger partial charge in [0.1, 0.15) is 0 Å². The summed E-state index contributed by atoms with van der Waals surface area (Å²) < 4.78 is 0. The number of nitrogen functional groups attached to an aromatic ring is 1. The molecule has 1 aromatic rings. The van der Waals surface area contributed by atoms with Gasteiger partial charge in [-0.3, -0.25) is 0 Å². The number of anilines is 1. The molecule has 20 heavy (non-hydrogen) atoms. The third kappa shape index (κ3) is 3.99. The van der Waals surface area contributed by atoms with Crippen LogP contribution in [-0.4, -0.2) is 24.5 Å². The molecule has 0 amide bonds. The van der Waals surface area contributed by atoms with Gasteiger partial charge in [0.05, 0.1) is 0 Å². The number of hydrogen-bond acceptors (Lipinski definition) is 2. The quantitative estimate of drug-likeness (QED) is 0.764. The summed E-state index contributed by atoms with van der Waals surface area (Å²) in [6.07, 6.45) is 2.65. The van der Waals surface area contributed by atoms with E-state index in [0.717, 1.165) is 17.5 Å². The molecule has 0 aromatic heterocycles. The highest BCUT2D eigenvalue weighted by atomic mass is 15.1. The summed E-state index contributed by atoms with van der Waals surface area (Å²) in [6, 6.07) is 8.55. The van der Waals surface area contributed by atoms with E-state index in [9.17, 15) is 0 Å². The van der Waals surface area contributed by atoms with Crippen molar-refractivity contribution in [1.29, 1.82) is 0 Å². The fourth-order valence-electron chi connectivity index (χ4n) is 3.19. The Hall–Kier alpha value is -1.02. The van der Waals surface area contributed by atoms with Crippen molar-refractivity contribution in [2.75, 3.05) is 25.4 Å². The molecule has 0 spiro atoms. The molecule has 2 rings (SSSR count). The van der Waals surface area contributed by atoms with Gasteiger partial charge < -0.3 is 10.6 Å². The molecule has 0 heterocycles. The fraction of sp³-hybridized carbons (Fsp3) is 0.667. The van der Waals surface area contributed by atoms with Crippen LogP contribution in [0.2, 0.25) is 0 Å². The highest BCUT2D eigenvalue weighted by Crippen LogP contribution is 2.49. The van der Waals surface area contributed by atoms with Crippen LogP contribution in [-0.2, 0) is 5.41 Å². The molecule has 0 aliphatic heterocycles. The lowest BCUT2D eigenvalue weighted by atomic mass is 9.94. The molecule has 112 valence electrons. The summed E-state index contributed by atoms with van der Waals surface area (Å²) in [7, 11) is 0. The summed E-state index contributed by atoms with van der Waals surface area (Å²) >= 11 is 0. The van der Waals surface area contributed by atoms with E-state index in [1.54, 1.807) is 0 Å². The Bertz CT molecular complexity index is 406. The molecule has 1 aliphatic carbocycles. The van der Waals surface area contributed by atoms with Gasteiger partial charge in [-0.05, 0) is 42.4 Å². The van der Waals surface area contributed by atoms with Crippen molar-refractivity contribution in [3.63, 3.8) is 0 Å². The highest BCUT2D eigenvalue weighted by molar-refractivity contribution is 5.43. The first-order valence-electron chi connectivity index (χ1n) is 8.00. The van der Waals surface area contributed by atoms with Gasteiger partial charge >= 0.3 is 0 Å². The van der Waals surface area contributed by atoms with Crippen molar-refractivity contribution in [2.24, 2.45) is 11.8 Å². The normalized spacial score (nSPS) is 17.1. The lowest BCUT2D eigenvalue weighted by molar-refractivity contribution is 0.201. The van der Waals surface area contributed by atoms with Crippen LogP contribution in [0.4, 0.5) is 5.69 Å². The number of nitrogens with two attached hydrogens (primary N) is 1. The molecular formula is C18H30N2. The second kappa shape index (κ2) is 6.17. The Labute approximate surface area is 124 Å². The summed E-state index contributed by atoms with van der Waals surface area (Å²) in [5.74, 6) is 1.46. The predicted octanol–water partition coefficient (Wildman–Crippen LogP) is 3.91. The molecule has 1 saturated carbocycles. The largest absolute Gasteiger partial charge is 0.399 e. The highest BCUT2D eigenvalue weighted by Gasteiger charge is 2.45. The topological polar surface area (TPSA) is 29.3 Å². The maximum atomic E-state index is 5.81. The van der Waals surface area contributed by atoms with Gasteiger partial charge in [0.25, 0.3) is 0 Å². The summed E-state index contributed by atoms with van der Waals surface area (Å²) in [5.41, 5.74) is 8.56. The Morgan fingerprint density at radius 1 is 1.00 bits per heavy atom. The van der Waals surface area contributed by atoms with Crippen molar-refractivity contribution in [1.82, 2.24) is 4.90 Å². The average Bonchev–Trinajstić information content (AvgIpc) is 3.08. The van der Waals surface area contributed by atoms with E-state index in [-0.39, 0.29) is 0 Å². The molecule has 0 saturated heterocycles. The average molecular weight is 274 g/mol. The molecule has 1 aliphatic rings. The van der Waals surface area contributed by atoms with E-state index in [2.05, 4.69) is 44.7 Å². The van der Waals surface area contributed by atoms with Gasteiger partial charge in [-0.2, -0.15) is 0 Å². The number of hydrogen-bond donors (Lipinski definition) is 1. The molecule has 1 aromatic carbocycles. The van der Waals surface area contributed by atoms with Crippen LogP contribution in [0.25, 0.3) is 0 Å². The monoisotopic (exact) mass is 274 g/mol. The third-order valence-corrected chi connectivity index (χ3v) is 4.15. The lowest BCUT2D eigenvalue weighted by Crippen LogP contribution is -2.37. The first kappa shape index (κ1) is 15.4. The first-order valence-corrected chi connectivity index (χ1v) is 8.00. The van der Waals surface area contributed by atoms with Crippen molar-refractivity contribution < 1.29 is 0 Å². The molecule has 1 fully saturated rings. The minimum absolute atomic E-state index is 0.400. The molecular weight excluding hydrogens is 244 g/mol. The molecule has 2 N–H and O–H groups in total. The smallest absolute Gasteiger partial charge is 0.0314 e. The van der Waals surface area contributed by atoms with Crippen molar-refractivity contribution in [3.05, 3.63) is 29.8 Å². The summed E-state index contributed by atoms with van der Waals surface area (Å²) in [4.78, 5) is 2.67. The molecule has 0 unspecified atom stereocenters. The maximum Gasteiger partial charge on any atom is 0.0314 e. The van der Waals surface area contributed by atoms with E-state index in [4.69, 9.17) is 5.73 Å². The Balaban J connectivity index is 2.06. The van der Waals surface area contributed by atoms with Crippen LogP contribution in [0.5, 0.6) is 0 Å². The molecule has 0 radical (unpaired) electrons. The summed E-state index contributed by atoms with van der Waals surface area (Å²) in [5, 5.41) is 0. The van der Waals surface area contributed by atoms with Gasteiger partial charge in [-0.1, -0.05) is 39.8 Å². The molecule has 2 heteroatoms. The number of benzene rings is 1. The van der Waals surface area contributed by atoms with E-state index < -0.39 is 0 Å². The van der Waals surface area contributed by atoms with Crippen LogP contribution >= 0.6 is 0 Å². The van der Waals surface area contributed by atoms with Crippen molar-refractivity contribution in [3.8, 4) is 0 Å². The number of nitrogens with zero attached hydrogens (tertiary/aromatic N) is 1. The Kier molecular flexibility index (Phi) is 4.74. The maximum absolute atomic E-state index is 5.81. The van der Waals surface area contributed by atoms with Gasteiger partial charge in [-0.25, -0.2) is 0 Å². The standard InChI is InChI=1S/C18H30N2/c1-14(2)11-20(12-15(3)4)13-18(9-10-18)16-5-7-17(19)8-6-16/h5-8,14-15H,9-13,19H2,1-4H3. The second-order valence-corrected chi connectivity index (χ2v) is 7.38. The van der Waals surface area contributed by atoms with E-state index in [0.29, 0.717) is 5.41 Å². The first-order chi connectivity index (χ1) is 9.41. The zero-order valence-corrected chi connectivity index (χ0v) is 13.5.